The molecule has 0 bridgehead atoms. The Balaban J connectivity index is 0.00000162. The van der Waals surface area contributed by atoms with E-state index in [1.165, 1.54) is 0 Å². The number of aromatic nitrogens is 1. The lowest BCUT2D eigenvalue weighted by Crippen LogP contribution is -3.00. The van der Waals surface area contributed by atoms with E-state index in [4.69, 9.17) is 5.21 Å². The highest BCUT2D eigenvalue weighted by atomic mass is 79.9. The highest BCUT2D eigenvalue weighted by Crippen LogP contribution is 1.99. The molecule has 18 heavy (non-hydrogen) atoms. The minimum atomic E-state index is -0.507. The quantitative estimate of drug-likeness (QED) is 0.397. The molecule has 1 heterocycles. The van der Waals surface area contributed by atoms with Crippen LogP contribution in [0, 0.1) is 0 Å². The first-order chi connectivity index (χ1) is 8.29. The number of amides is 1. The van der Waals surface area contributed by atoms with Gasteiger partial charge in [-0.3, -0.25) is 10.0 Å². The van der Waals surface area contributed by atoms with Crippen LogP contribution in [0.5, 0.6) is 0 Å². The number of halogens is 1. The van der Waals surface area contributed by atoms with Gasteiger partial charge < -0.3 is 17.0 Å². The summed E-state index contributed by atoms with van der Waals surface area (Å²) in [6, 6.07) is 13.4. The zero-order chi connectivity index (χ0) is 12.1. The van der Waals surface area contributed by atoms with E-state index in [0.717, 1.165) is 5.56 Å². The maximum absolute atomic E-state index is 11.2. The fourth-order valence-electron chi connectivity index (χ4n) is 1.61. The molecule has 1 aromatic heterocycles. The zero-order valence-electron chi connectivity index (χ0n) is 9.58. The number of rotatable bonds is 3. The number of pyridine rings is 1. The Morgan fingerprint density at radius 2 is 1.89 bits per heavy atom. The van der Waals surface area contributed by atoms with Gasteiger partial charge in [0, 0.05) is 11.6 Å². The van der Waals surface area contributed by atoms with Gasteiger partial charge in [-0.25, -0.2) is 5.48 Å². The molecule has 2 rings (SSSR count). The minimum Gasteiger partial charge on any atom is -1.00 e. The molecule has 0 saturated carbocycles. The lowest BCUT2D eigenvalue weighted by atomic mass is 10.2. The lowest BCUT2D eigenvalue weighted by molar-refractivity contribution is -0.688. The van der Waals surface area contributed by atoms with Gasteiger partial charge in [-0.15, -0.1) is 0 Å². The molecule has 0 saturated heterocycles. The molecule has 0 fully saturated rings. The van der Waals surface area contributed by atoms with Crippen molar-refractivity contribution in [2.24, 2.45) is 0 Å². The Morgan fingerprint density at radius 1 is 1.17 bits per heavy atom. The number of nitrogens with zero attached hydrogens (tertiary/aromatic N) is 1. The summed E-state index contributed by atoms with van der Waals surface area (Å²) in [7, 11) is 0. The molecule has 1 amide bonds. The third kappa shape index (κ3) is 3.65. The first-order valence-electron chi connectivity index (χ1n) is 5.27. The van der Waals surface area contributed by atoms with Gasteiger partial charge >= 0.3 is 0 Å². The van der Waals surface area contributed by atoms with Gasteiger partial charge in [-0.2, -0.15) is 4.57 Å². The molecule has 1 aromatic carbocycles. The Bertz CT molecular complexity index is 517. The summed E-state index contributed by atoms with van der Waals surface area (Å²) >= 11 is 0. The lowest BCUT2D eigenvalue weighted by Gasteiger charge is -1.99. The van der Waals surface area contributed by atoms with Crippen LogP contribution in [0.25, 0.3) is 0 Å². The standard InChI is InChI=1S/C13H12N2O2.BrH/c16-13(14-17)12-7-4-8-15(10-12)9-11-5-2-1-3-6-11;/h1-8,10H,9H2,(H-,14,16,17);1H. The van der Waals surface area contributed by atoms with Gasteiger partial charge in [0.15, 0.2) is 18.9 Å². The zero-order valence-corrected chi connectivity index (χ0v) is 11.2. The number of hydroxylamine groups is 1. The molecule has 4 nitrogen and oxygen atoms in total. The number of benzene rings is 1. The molecule has 2 N–H and O–H groups in total. The number of nitrogens with one attached hydrogen (secondary N) is 1. The topological polar surface area (TPSA) is 53.2 Å². The van der Waals surface area contributed by atoms with E-state index in [2.05, 4.69) is 0 Å². The number of carbonyl (C=O) groups is 1. The first-order valence-corrected chi connectivity index (χ1v) is 5.27. The van der Waals surface area contributed by atoms with Crippen molar-refractivity contribution >= 4 is 5.91 Å². The summed E-state index contributed by atoms with van der Waals surface area (Å²) in [5.74, 6) is -0.507. The Kier molecular flexibility index (Phi) is 5.48. The summed E-state index contributed by atoms with van der Waals surface area (Å²) in [4.78, 5) is 11.2. The van der Waals surface area contributed by atoms with Crippen LogP contribution in [0.2, 0.25) is 0 Å². The van der Waals surface area contributed by atoms with Crippen molar-refractivity contribution in [2.75, 3.05) is 0 Å². The molecule has 0 atom stereocenters. The highest BCUT2D eigenvalue weighted by molar-refractivity contribution is 5.92. The third-order valence-electron chi connectivity index (χ3n) is 2.43. The maximum atomic E-state index is 11.2. The predicted octanol–water partition coefficient (Wildman–Crippen LogP) is -1.85. The predicted molar refractivity (Wildman–Crippen MR) is 61.4 cm³/mol. The SMILES string of the molecule is O=C(NO)c1ccc[n+](Cc2ccccc2)c1.[Br-]. The van der Waals surface area contributed by atoms with Crippen LogP contribution < -0.4 is 27.0 Å². The molecular weight excluding hydrogens is 296 g/mol. The van der Waals surface area contributed by atoms with E-state index < -0.39 is 5.91 Å². The molecule has 0 radical (unpaired) electrons. The van der Waals surface area contributed by atoms with Crippen LogP contribution in [-0.2, 0) is 6.54 Å². The molecule has 94 valence electrons. The second kappa shape index (κ2) is 6.88. The fraction of sp³-hybridized carbons (Fsp3) is 0.0769. The first kappa shape index (κ1) is 14.3. The van der Waals surface area contributed by atoms with E-state index in [0.29, 0.717) is 12.1 Å². The van der Waals surface area contributed by atoms with Gasteiger partial charge in [-0.1, -0.05) is 30.3 Å². The van der Waals surface area contributed by atoms with E-state index in [1.54, 1.807) is 23.8 Å². The second-order valence-electron chi connectivity index (χ2n) is 3.69. The molecule has 0 spiro atoms. The van der Waals surface area contributed by atoms with Crippen molar-refractivity contribution in [3.05, 3.63) is 66.0 Å². The van der Waals surface area contributed by atoms with E-state index in [1.807, 2.05) is 41.1 Å². The number of hydrogen-bond donors (Lipinski definition) is 2. The van der Waals surface area contributed by atoms with Crippen molar-refractivity contribution in [1.29, 1.82) is 0 Å². The van der Waals surface area contributed by atoms with Crippen molar-refractivity contribution < 1.29 is 31.6 Å². The van der Waals surface area contributed by atoms with Gasteiger partial charge in [0.05, 0.1) is 0 Å². The van der Waals surface area contributed by atoms with Crippen molar-refractivity contribution in [2.45, 2.75) is 6.54 Å². The molecule has 0 aliphatic carbocycles. The summed E-state index contributed by atoms with van der Waals surface area (Å²) < 4.78 is 1.89. The molecule has 5 heteroatoms. The van der Waals surface area contributed by atoms with Crippen LogP contribution in [-0.4, -0.2) is 11.1 Å². The van der Waals surface area contributed by atoms with Gasteiger partial charge in [0.2, 0.25) is 0 Å². The summed E-state index contributed by atoms with van der Waals surface area (Å²) in [6.45, 7) is 0.688. The van der Waals surface area contributed by atoms with Crippen molar-refractivity contribution in [3.8, 4) is 0 Å². The van der Waals surface area contributed by atoms with Gasteiger partial charge in [0.1, 0.15) is 5.56 Å². The van der Waals surface area contributed by atoms with Crippen LogP contribution in [0.15, 0.2) is 54.9 Å². The van der Waals surface area contributed by atoms with Crippen LogP contribution >= 0.6 is 0 Å². The monoisotopic (exact) mass is 308 g/mol. The van der Waals surface area contributed by atoms with Crippen LogP contribution in [0.3, 0.4) is 0 Å². The average molecular weight is 309 g/mol. The molecule has 0 aliphatic rings. The maximum Gasteiger partial charge on any atom is 0.280 e. The third-order valence-corrected chi connectivity index (χ3v) is 2.43. The van der Waals surface area contributed by atoms with E-state index >= 15 is 0 Å². The Labute approximate surface area is 116 Å². The summed E-state index contributed by atoms with van der Waals surface area (Å²) in [6.07, 6.45) is 3.57. The smallest absolute Gasteiger partial charge is 0.280 e. The Morgan fingerprint density at radius 3 is 2.56 bits per heavy atom. The van der Waals surface area contributed by atoms with Crippen molar-refractivity contribution in [3.63, 3.8) is 0 Å². The van der Waals surface area contributed by atoms with Crippen molar-refractivity contribution in [1.82, 2.24) is 5.48 Å². The largest absolute Gasteiger partial charge is 1.00 e. The van der Waals surface area contributed by atoms with E-state index in [9.17, 15) is 4.79 Å². The average Bonchev–Trinajstić information content (AvgIpc) is 2.39. The minimum absolute atomic E-state index is 0. The molecule has 2 aromatic rings. The van der Waals surface area contributed by atoms with E-state index in [-0.39, 0.29) is 17.0 Å². The highest BCUT2D eigenvalue weighted by Gasteiger charge is 2.09. The molecule has 0 unspecified atom stereocenters. The molecular formula is C13H13BrN2O2. The number of hydrogen-bond acceptors (Lipinski definition) is 2. The van der Waals surface area contributed by atoms with Crippen LogP contribution in [0.1, 0.15) is 15.9 Å². The Hall–Kier alpha value is -1.72. The van der Waals surface area contributed by atoms with Gasteiger partial charge in [0.25, 0.3) is 5.91 Å². The fourth-order valence-corrected chi connectivity index (χ4v) is 1.61. The summed E-state index contributed by atoms with van der Waals surface area (Å²) in [5, 5.41) is 8.56. The number of carbonyl (C=O) groups excluding carboxylic acids is 1. The second-order valence-corrected chi connectivity index (χ2v) is 3.69. The van der Waals surface area contributed by atoms with Gasteiger partial charge in [-0.05, 0) is 6.07 Å². The molecule has 0 aliphatic heterocycles. The summed E-state index contributed by atoms with van der Waals surface area (Å²) in [5.41, 5.74) is 3.19. The van der Waals surface area contributed by atoms with Crippen LogP contribution in [0.4, 0.5) is 0 Å². The normalized spacial score (nSPS) is 9.39.